The fourth-order valence-electron chi connectivity index (χ4n) is 3.13. The van der Waals surface area contributed by atoms with Crippen molar-refractivity contribution >= 4 is 23.4 Å². The van der Waals surface area contributed by atoms with Gasteiger partial charge in [0, 0.05) is 31.3 Å². The Morgan fingerprint density at radius 1 is 1.26 bits per heavy atom. The lowest BCUT2D eigenvalue weighted by atomic mass is 10.1. The number of carbonyl (C=O) groups excluding carboxylic acids is 3. The van der Waals surface area contributed by atoms with Crippen LogP contribution in [0.1, 0.15) is 26.7 Å². The lowest BCUT2D eigenvalue weighted by molar-refractivity contribution is -0.130. The van der Waals surface area contributed by atoms with Gasteiger partial charge in [-0.25, -0.2) is 0 Å². The smallest absolute Gasteiger partial charge is 0.242 e. The summed E-state index contributed by atoms with van der Waals surface area (Å²) >= 11 is 0. The average Bonchev–Trinajstić information content (AvgIpc) is 3.07. The fraction of sp³-hybridized carbons (Fsp3) is 0.526. The first-order valence-electron chi connectivity index (χ1n) is 9.27. The van der Waals surface area contributed by atoms with Gasteiger partial charge in [-0.05, 0) is 25.5 Å². The molecule has 27 heavy (non-hydrogen) atoms. The van der Waals surface area contributed by atoms with E-state index in [4.69, 9.17) is 9.47 Å². The zero-order valence-electron chi connectivity index (χ0n) is 15.6. The van der Waals surface area contributed by atoms with Crippen molar-refractivity contribution < 1.29 is 23.9 Å². The molecule has 0 radical (unpaired) electrons. The minimum atomic E-state index is -0.637. The monoisotopic (exact) mass is 375 g/mol. The molecule has 3 amide bonds. The van der Waals surface area contributed by atoms with Crippen LogP contribution in [0.5, 0.6) is 11.5 Å². The summed E-state index contributed by atoms with van der Waals surface area (Å²) < 4.78 is 11.0. The Bertz CT molecular complexity index is 736. The number of fused-ring (bicyclic) bond motifs is 1. The lowest BCUT2D eigenvalue weighted by Gasteiger charge is -2.22. The highest BCUT2D eigenvalue weighted by Gasteiger charge is 2.36. The first-order chi connectivity index (χ1) is 13.0. The first-order valence-corrected chi connectivity index (χ1v) is 9.27. The molecule has 1 aromatic rings. The lowest BCUT2D eigenvalue weighted by Crippen LogP contribution is -2.47. The summed E-state index contributed by atoms with van der Waals surface area (Å²) in [5.41, 5.74) is 0.674. The van der Waals surface area contributed by atoms with E-state index in [9.17, 15) is 14.4 Å². The minimum Gasteiger partial charge on any atom is -0.486 e. The molecule has 146 valence electrons. The zero-order chi connectivity index (χ0) is 19.4. The molecule has 0 aliphatic carbocycles. The molecule has 0 unspecified atom stereocenters. The van der Waals surface area contributed by atoms with Gasteiger partial charge < -0.3 is 25.0 Å². The van der Waals surface area contributed by atoms with Crippen LogP contribution < -0.4 is 25.0 Å². The Hall–Kier alpha value is -2.77. The van der Waals surface area contributed by atoms with E-state index in [1.807, 2.05) is 6.92 Å². The van der Waals surface area contributed by atoms with Crippen LogP contribution in [0.2, 0.25) is 0 Å². The Morgan fingerprint density at radius 3 is 2.74 bits per heavy atom. The van der Waals surface area contributed by atoms with Crippen LogP contribution in [0.3, 0.4) is 0 Å². The largest absolute Gasteiger partial charge is 0.486 e. The maximum absolute atomic E-state index is 12.5. The Balaban J connectivity index is 1.61. The molecular weight excluding hydrogens is 350 g/mol. The molecule has 1 aromatic carbocycles. The zero-order valence-corrected chi connectivity index (χ0v) is 15.6. The number of amides is 3. The Morgan fingerprint density at radius 2 is 2.00 bits per heavy atom. The topological polar surface area (TPSA) is 97.0 Å². The quantitative estimate of drug-likeness (QED) is 0.768. The molecule has 3 rings (SSSR count). The molecule has 2 N–H and O–H groups in total. The molecule has 2 aliphatic heterocycles. The van der Waals surface area contributed by atoms with Gasteiger partial charge in [-0.3, -0.25) is 14.4 Å². The summed E-state index contributed by atoms with van der Waals surface area (Å²) in [5, 5.41) is 5.44. The van der Waals surface area contributed by atoms with Gasteiger partial charge in [0.15, 0.2) is 11.5 Å². The van der Waals surface area contributed by atoms with Crippen LogP contribution in [0, 0.1) is 5.92 Å². The minimum absolute atomic E-state index is 0.115. The van der Waals surface area contributed by atoms with Crippen molar-refractivity contribution in [3.05, 3.63) is 18.2 Å². The molecule has 2 heterocycles. The Kier molecular flexibility index (Phi) is 5.83. The number of benzene rings is 1. The van der Waals surface area contributed by atoms with Crippen molar-refractivity contribution in [1.29, 1.82) is 0 Å². The van der Waals surface area contributed by atoms with Gasteiger partial charge in [0.2, 0.25) is 17.7 Å². The molecular formula is C19H25N3O5. The number of rotatable bonds is 6. The number of ether oxygens (including phenoxy) is 2. The molecule has 0 aromatic heterocycles. The van der Waals surface area contributed by atoms with Gasteiger partial charge >= 0.3 is 0 Å². The van der Waals surface area contributed by atoms with Gasteiger partial charge in [0.25, 0.3) is 0 Å². The second kappa shape index (κ2) is 8.28. The van der Waals surface area contributed by atoms with Gasteiger partial charge in [0.05, 0.1) is 5.92 Å². The fourth-order valence-corrected chi connectivity index (χ4v) is 3.13. The molecule has 0 spiro atoms. The van der Waals surface area contributed by atoms with Gasteiger partial charge in [-0.2, -0.15) is 0 Å². The van der Waals surface area contributed by atoms with Gasteiger partial charge in [-0.1, -0.05) is 6.92 Å². The summed E-state index contributed by atoms with van der Waals surface area (Å²) in [6, 6.07) is 4.67. The number of anilines is 1. The number of carbonyl (C=O) groups is 3. The Labute approximate surface area is 158 Å². The van der Waals surface area contributed by atoms with Crippen LogP contribution in [0.4, 0.5) is 5.69 Å². The van der Waals surface area contributed by atoms with E-state index in [1.165, 1.54) is 0 Å². The maximum Gasteiger partial charge on any atom is 0.242 e. The van der Waals surface area contributed by atoms with E-state index in [2.05, 4.69) is 10.6 Å². The second-order valence-corrected chi connectivity index (χ2v) is 6.75. The summed E-state index contributed by atoms with van der Waals surface area (Å²) in [6.45, 7) is 5.40. The van der Waals surface area contributed by atoms with E-state index in [0.29, 0.717) is 36.9 Å². The molecule has 2 atom stereocenters. The van der Waals surface area contributed by atoms with E-state index in [1.54, 1.807) is 30.0 Å². The molecule has 1 fully saturated rings. The number of nitrogens with one attached hydrogen (secondary N) is 2. The van der Waals surface area contributed by atoms with Crippen molar-refractivity contribution in [3.63, 3.8) is 0 Å². The third-order valence-electron chi connectivity index (χ3n) is 4.63. The summed E-state index contributed by atoms with van der Waals surface area (Å²) in [4.78, 5) is 38.4. The average molecular weight is 375 g/mol. The highest BCUT2D eigenvalue weighted by atomic mass is 16.6. The SMILES string of the molecule is CCCNC(=O)[C@H](C)NC(=O)[C@H]1CC(=O)N(c2ccc3c(c2)OCCO3)C1. The van der Waals surface area contributed by atoms with Gasteiger partial charge in [0.1, 0.15) is 19.3 Å². The molecule has 8 nitrogen and oxygen atoms in total. The summed E-state index contributed by atoms with van der Waals surface area (Å²) in [5.74, 6) is 0.112. The third-order valence-corrected chi connectivity index (χ3v) is 4.63. The van der Waals surface area contributed by atoms with Crippen molar-refractivity contribution in [2.24, 2.45) is 5.92 Å². The number of hydrogen-bond acceptors (Lipinski definition) is 5. The molecule has 0 saturated carbocycles. The first kappa shape index (κ1) is 19.0. The molecule has 0 bridgehead atoms. The summed E-state index contributed by atoms with van der Waals surface area (Å²) in [6.07, 6.45) is 0.942. The number of nitrogens with zero attached hydrogens (tertiary/aromatic N) is 1. The van der Waals surface area contributed by atoms with E-state index in [-0.39, 0.29) is 30.7 Å². The van der Waals surface area contributed by atoms with Gasteiger partial charge in [-0.15, -0.1) is 0 Å². The van der Waals surface area contributed by atoms with E-state index < -0.39 is 12.0 Å². The second-order valence-electron chi connectivity index (χ2n) is 6.75. The summed E-state index contributed by atoms with van der Waals surface area (Å²) in [7, 11) is 0. The molecule has 1 saturated heterocycles. The van der Waals surface area contributed by atoms with E-state index in [0.717, 1.165) is 6.42 Å². The predicted octanol–water partition coefficient (Wildman–Crippen LogP) is 0.842. The van der Waals surface area contributed by atoms with Crippen LogP contribution in [-0.2, 0) is 14.4 Å². The van der Waals surface area contributed by atoms with Crippen molar-refractivity contribution in [2.75, 3.05) is 31.2 Å². The van der Waals surface area contributed by atoms with Crippen LogP contribution in [0.25, 0.3) is 0 Å². The highest BCUT2D eigenvalue weighted by Crippen LogP contribution is 2.35. The van der Waals surface area contributed by atoms with Crippen molar-refractivity contribution in [2.45, 2.75) is 32.7 Å². The van der Waals surface area contributed by atoms with Crippen LogP contribution in [-0.4, -0.2) is 50.1 Å². The van der Waals surface area contributed by atoms with Crippen molar-refractivity contribution in [3.8, 4) is 11.5 Å². The van der Waals surface area contributed by atoms with Crippen LogP contribution in [0.15, 0.2) is 18.2 Å². The number of hydrogen-bond donors (Lipinski definition) is 2. The van der Waals surface area contributed by atoms with Crippen molar-refractivity contribution in [1.82, 2.24) is 10.6 Å². The normalized spacial score (nSPS) is 19.6. The van der Waals surface area contributed by atoms with Crippen LogP contribution >= 0.6 is 0 Å². The van der Waals surface area contributed by atoms with E-state index >= 15 is 0 Å². The third kappa shape index (κ3) is 4.32. The predicted molar refractivity (Wildman–Crippen MR) is 98.8 cm³/mol. The standard InChI is InChI=1S/C19H25N3O5/c1-3-6-20-18(24)12(2)21-19(25)13-9-17(23)22(11-13)14-4-5-15-16(10-14)27-8-7-26-15/h4-5,10,12-13H,3,6-9,11H2,1-2H3,(H,20,24)(H,21,25)/t12-,13-/m0/s1. The maximum atomic E-state index is 12.5. The highest BCUT2D eigenvalue weighted by molar-refractivity contribution is 6.01. The molecule has 2 aliphatic rings. The molecule has 8 heteroatoms.